The van der Waals surface area contributed by atoms with Crippen molar-refractivity contribution in [2.45, 2.75) is 0 Å². The summed E-state index contributed by atoms with van der Waals surface area (Å²) in [6.45, 7) is 0. The third-order valence-electron chi connectivity index (χ3n) is 1.55. The molecule has 0 amide bonds. The zero-order chi connectivity index (χ0) is 10.9. The van der Waals surface area contributed by atoms with Crippen LogP contribution in [0.1, 0.15) is 10.4 Å². The molecule has 1 aromatic rings. The van der Waals surface area contributed by atoms with Crippen LogP contribution in [0.2, 0.25) is 0 Å². The maximum atomic E-state index is 12.8. The van der Waals surface area contributed by atoms with Crippen LogP contribution >= 0.6 is 0 Å². The molecule has 0 radical (unpaired) electrons. The molecule has 74 valence electrons. The molecule has 0 bridgehead atoms. The fourth-order valence-electron chi connectivity index (χ4n) is 0.902. The summed E-state index contributed by atoms with van der Waals surface area (Å²) in [5.74, 6) is -2.59. The Hall–Kier alpha value is -2.18. The minimum atomic E-state index is -1.44. The fourth-order valence-corrected chi connectivity index (χ4v) is 0.902. The molecule has 3 N–H and O–H groups in total. The third-order valence-corrected chi connectivity index (χ3v) is 1.55. The highest BCUT2D eigenvalue weighted by Gasteiger charge is 2.20. The first-order chi connectivity index (χ1) is 6.43. The molecule has 0 spiro atoms. The second-order valence-electron chi connectivity index (χ2n) is 2.45. The van der Waals surface area contributed by atoms with Gasteiger partial charge >= 0.3 is 11.7 Å². The highest BCUT2D eigenvalue weighted by Crippen LogP contribution is 2.23. The highest BCUT2D eigenvalue weighted by molar-refractivity contribution is 5.94. The van der Waals surface area contributed by atoms with Crippen molar-refractivity contribution in [3.05, 3.63) is 33.6 Å². The summed E-state index contributed by atoms with van der Waals surface area (Å²) in [5.41, 5.74) is 3.41. The largest absolute Gasteiger partial charge is 0.478 e. The van der Waals surface area contributed by atoms with Crippen LogP contribution in [0.25, 0.3) is 0 Å². The maximum Gasteiger partial charge on any atom is 0.338 e. The van der Waals surface area contributed by atoms with Crippen molar-refractivity contribution in [2.24, 2.45) is 0 Å². The molecule has 0 saturated heterocycles. The highest BCUT2D eigenvalue weighted by atomic mass is 19.1. The van der Waals surface area contributed by atoms with Crippen molar-refractivity contribution in [1.29, 1.82) is 0 Å². The van der Waals surface area contributed by atoms with Gasteiger partial charge in [0.1, 0.15) is 0 Å². The van der Waals surface area contributed by atoms with Gasteiger partial charge in [0, 0.05) is 17.8 Å². The Balaban J connectivity index is 3.42. The first kappa shape index (κ1) is 9.90. The number of carboxylic acids is 1. The van der Waals surface area contributed by atoms with E-state index in [1.54, 1.807) is 0 Å². The topological polar surface area (TPSA) is 106 Å². The van der Waals surface area contributed by atoms with E-state index in [1.165, 1.54) is 0 Å². The number of benzene rings is 1. The molecule has 1 aromatic carbocycles. The van der Waals surface area contributed by atoms with Gasteiger partial charge in [-0.2, -0.15) is 4.39 Å². The van der Waals surface area contributed by atoms with Crippen molar-refractivity contribution >= 4 is 17.3 Å². The van der Waals surface area contributed by atoms with Gasteiger partial charge in [-0.1, -0.05) is 0 Å². The van der Waals surface area contributed by atoms with Gasteiger partial charge in [-0.05, 0) is 0 Å². The van der Waals surface area contributed by atoms with Gasteiger partial charge in [-0.25, -0.2) is 4.79 Å². The van der Waals surface area contributed by atoms with Crippen molar-refractivity contribution < 1.29 is 19.2 Å². The number of nitrogens with two attached hydrogens (primary N) is 1. The van der Waals surface area contributed by atoms with E-state index in [9.17, 15) is 19.3 Å². The average molecular weight is 200 g/mol. The quantitative estimate of drug-likeness (QED) is 0.421. The van der Waals surface area contributed by atoms with Crippen molar-refractivity contribution in [3.63, 3.8) is 0 Å². The van der Waals surface area contributed by atoms with Crippen LogP contribution in [0.5, 0.6) is 0 Å². The van der Waals surface area contributed by atoms with Gasteiger partial charge in [0.2, 0.25) is 5.82 Å². The molecule has 0 saturated carbocycles. The molecule has 0 atom stereocenters. The predicted octanol–water partition coefficient (Wildman–Crippen LogP) is 1.01. The van der Waals surface area contributed by atoms with Gasteiger partial charge in [0.05, 0.1) is 10.5 Å². The Morgan fingerprint density at radius 2 is 2.14 bits per heavy atom. The summed E-state index contributed by atoms with van der Waals surface area (Å²) in [6.07, 6.45) is 0. The Bertz CT molecular complexity index is 383. The number of halogens is 1. The van der Waals surface area contributed by atoms with Crippen molar-refractivity contribution in [3.8, 4) is 0 Å². The average Bonchev–Trinajstić information content (AvgIpc) is 2.02. The molecule has 0 heterocycles. The van der Waals surface area contributed by atoms with Gasteiger partial charge in [-0.15, -0.1) is 0 Å². The number of hydrogen-bond donors (Lipinski definition) is 2. The lowest BCUT2D eigenvalue weighted by molar-refractivity contribution is -0.387. The predicted molar refractivity (Wildman–Crippen MR) is 44.4 cm³/mol. The number of nitrogen functional groups attached to an aromatic ring is 1. The molecular weight excluding hydrogens is 195 g/mol. The van der Waals surface area contributed by atoms with E-state index in [1.807, 2.05) is 0 Å². The SMILES string of the molecule is Nc1cc(F)c([N+](=O)[O-])cc1C(=O)O. The first-order valence-corrected chi connectivity index (χ1v) is 3.40. The molecule has 0 aliphatic carbocycles. The fraction of sp³-hybridized carbons (Fsp3) is 0. The third kappa shape index (κ3) is 1.60. The van der Waals surface area contributed by atoms with Crippen LogP contribution in [0.3, 0.4) is 0 Å². The summed E-state index contributed by atoms with van der Waals surface area (Å²) >= 11 is 0. The van der Waals surface area contributed by atoms with Crippen LogP contribution in [-0.4, -0.2) is 16.0 Å². The number of nitrogens with zero attached hydrogens (tertiary/aromatic N) is 1. The maximum absolute atomic E-state index is 12.8. The van der Waals surface area contributed by atoms with E-state index in [0.717, 1.165) is 0 Å². The number of nitro groups is 1. The minimum Gasteiger partial charge on any atom is -0.478 e. The van der Waals surface area contributed by atoms with Crippen LogP contribution < -0.4 is 5.73 Å². The second kappa shape index (κ2) is 3.29. The molecule has 0 aromatic heterocycles. The van der Waals surface area contributed by atoms with Gasteiger partial charge in [-0.3, -0.25) is 10.1 Å². The van der Waals surface area contributed by atoms with Crippen LogP contribution in [0.15, 0.2) is 12.1 Å². The summed E-state index contributed by atoms with van der Waals surface area (Å²) in [4.78, 5) is 19.7. The number of nitro benzene ring substituents is 1. The lowest BCUT2D eigenvalue weighted by atomic mass is 10.1. The normalized spacial score (nSPS) is 9.79. The molecule has 0 unspecified atom stereocenters. The van der Waals surface area contributed by atoms with Gasteiger partial charge in [0.25, 0.3) is 0 Å². The molecule has 7 heteroatoms. The smallest absolute Gasteiger partial charge is 0.338 e. The van der Waals surface area contributed by atoms with Gasteiger partial charge < -0.3 is 10.8 Å². The summed E-state index contributed by atoms with van der Waals surface area (Å²) < 4.78 is 12.8. The standard InChI is InChI=1S/C7H5FN2O4/c8-4-2-5(9)3(7(11)12)1-6(4)10(13)14/h1-2H,9H2,(H,11,12). The van der Waals surface area contributed by atoms with E-state index < -0.39 is 28.0 Å². The molecule has 0 fully saturated rings. The van der Waals surface area contributed by atoms with Crippen LogP contribution in [-0.2, 0) is 0 Å². The lowest BCUT2D eigenvalue weighted by Crippen LogP contribution is -2.05. The monoisotopic (exact) mass is 200 g/mol. The Labute approximate surface area is 76.9 Å². The zero-order valence-electron chi connectivity index (χ0n) is 6.73. The van der Waals surface area contributed by atoms with Crippen LogP contribution in [0, 0.1) is 15.9 Å². The Kier molecular flexibility index (Phi) is 2.32. The van der Waals surface area contributed by atoms with Crippen molar-refractivity contribution in [1.82, 2.24) is 0 Å². The molecule has 6 nitrogen and oxygen atoms in total. The van der Waals surface area contributed by atoms with E-state index in [2.05, 4.69) is 0 Å². The van der Waals surface area contributed by atoms with Crippen LogP contribution in [0.4, 0.5) is 15.8 Å². The molecule has 0 aliphatic heterocycles. The molecule has 14 heavy (non-hydrogen) atoms. The van der Waals surface area contributed by atoms with E-state index in [0.29, 0.717) is 12.1 Å². The summed E-state index contributed by atoms with van der Waals surface area (Å²) in [6, 6.07) is 1.20. The van der Waals surface area contributed by atoms with E-state index >= 15 is 0 Å². The summed E-state index contributed by atoms with van der Waals surface area (Å²) in [5, 5.41) is 18.8. The van der Waals surface area contributed by atoms with Crippen molar-refractivity contribution in [2.75, 3.05) is 5.73 Å². The number of rotatable bonds is 2. The Morgan fingerprint density at radius 3 is 2.57 bits per heavy atom. The minimum absolute atomic E-state index is 0.347. The number of hydrogen-bond acceptors (Lipinski definition) is 4. The lowest BCUT2D eigenvalue weighted by Gasteiger charge is -2.00. The zero-order valence-corrected chi connectivity index (χ0v) is 6.73. The first-order valence-electron chi connectivity index (χ1n) is 3.40. The van der Waals surface area contributed by atoms with E-state index in [-0.39, 0.29) is 5.69 Å². The summed E-state index contributed by atoms with van der Waals surface area (Å²) in [7, 11) is 0. The van der Waals surface area contributed by atoms with E-state index in [4.69, 9.17) is 10.8 Å². The molecular formula is C7H5FN2O4. The number of anilines is 1. The molecule has 0 aliphatic rings. The number of aromatic carboxylic acids is 1. The number of carboxylic acid groups (broad SMARTS) is 1. The Morgan fingerprint density at radius 1 is 1.57 bits per heavy atom. The number of carbonyl (C=O) groups is 1. The second-order valence-corrected chi connectivity index (χ2v) is 2.45. The van der Waals surface area contributed by atoms with Gasteiger partial charge in [0.15, 0.2) is 0 Å². The molecule has 1 rings (SSSR count).